The van der Waals surface area contributed by atoms with Crippen molar-refractivity contribution >= 4 is 5.91 Å². The van der Waals surface area contributed by atoms with Gasteiger partial charge < -0.3 is 4.90 Å². The van der Waals surface area contributed by atoms with Gasteiger partial charge in [-0.15, -0.1) is 0 Å². The van der Waals surface area contributed by atoms with Crippen LogP contribution in [0.2, 0.25) is 0 Å². The molecule has 0 aromatic carbocycles. The van der Waals surface area contributed by atoms with Gasteiger partial charge in [0.05, 0.1) is 17.0 Å². The van der Waals surface area contributed by atoms with E-state index >= 15 is 0 Å². The van der Waals surface area contributed by atoms with Gasteiger partial charge in [0.15, 0.2) is 0 Å². The van der Waals surface area contributed by atoms with Crippen LogP contribution in [-0.4, -0.2) is 57.1 Å². The highest BCUT2D eigenvalue weighted by atomic mass is 16.2. The first kappa shape index (κ1) is 16.3. The summed E-state index contributed by atoms with van der Waals surface area (Å²) < 4.78 is 0. The minimum atomic E-state index is 0.141. The molecular weight excluding hydrogens is 314 g/mol. The SMILES string of the molecule is Cc1cccnc1CN1CCN(C(=O)c2c(C3CC3)n[nH]c2C)CC1. The van der Waals surface area contributed by atoms with Crippen molar-refractivity contribution in [1.82, 2.24) is 25.0 Å². The van der Waals surface area contributed by atoms with Gasteiger partial charge in [0.2, 0.25) is 0 Å². The monoisotopic (exact) mass is 339 g/mol. The van der Waals surface area contributed by atoms with Gasteiger partial charge in [-0.2, -0.15) is 5.10 Å². The van der Waals surface area contributed by atoms with Crippen LogP contribution in [-0.2, 0) is 6.54 Å². The van der Waals surface area contributed by atoms with Gasteiger partial charge >= 0.3 is 0 Å². The third-order valence-corrected chi connectivity index (χ3v) is 5.30. The number of aryl methyl sites for hydroxylation is 2. The van der Waals surface area contributed by atoms with Crippen molar-refractivity contribution in [3.63, 3.8) is 0 Å². The van der Waals surface area contributed by atoms with Gasteiger partial charge in [0.25, 0.3) is 5.91 Å². The quantitative estimate of drug-likeness (QED) is 0.928. The number of nitrogens with zero attached hydrogens (tertiary/aromatic N) is 4. The Morgan fingerprint density at radius 3 is 2.68 bits per heavy atom. The van der Waals surface area contributed by atoms with E-state index < -0.39 is 0 Å². The fraction of sp³-hybridized carbons (Fsp3) is 0.526. The topological polar surface area (TPSA) is 65.1 Å². The first-order valence-corrected chi connectivity index (χ1v) is 9.10. The summed E-state index contributed by atoms with van der Waals surface area (Å²) in [5.74, 6) is 0.624. The number of hydrogen-bond donors (Lipinski definition) is 1. The van der Waals surface area contributed by atoms with E-state index in [4.69, 9.17) is 0 Å². The Balaban J connectivity index is 1.40. The van der Waals surface area contributed by atoms with Crippen molar-refractivity contribution in [1.29, 1.82) is 0 Å². The Bertz CT molecular complexity index is 772. The molecule has 0 atom stereocenters. The molecule has 2 aromatic rings. The third-order valence-electron chi connectivity index (χ3n) is 5.30. The zero-order valence-corrected chi connectivity index (χ0v) is 15.0. The highest BCUT2D eigenvalue weighted by Gasteiger charge is 2.34. The second-order valence-corrected chi connectivity index (χ2v) is 7.22. The number of carbonyl (C=O) groups excluding carboxylic acids is 1. The lowest BCUT2D eigenvalue weighted by molar-refractivity contribution is 0.0625. The van der Waals surface area contributed by atoms with Crippen LogP contribution in [0.25, 0.3) is 0 Å². The van der Waals surface area contributed by atoms with Crippen LogP contribution in [0.3, 0.4) is 0 Å². The summed E-state index contributed by atoms with van der Waals surface area (Å²) in [6.07, 6.45) is 4.16. The highest BCUT2D eigenvalue weighted by molar-refractivity contribution is 5.96. The summed E-state index contributed by atoms with van der Waals surface area (Å²) in [5.41, 5.74) is 5.05. The fourth-order valence-electron chi connectivity index (χ4n) is 3.53. The van der Waals surface area contributed by atoms with E-state index in [9.17, 15) is 4.79 Å². The molecule has 1 aliphatic heterocycles. The average Bonchev–Trinajstić information content (AvgIpc) is 3.39. The molecule has 132 valence electrons. The number of aromatic amines is 1. The van der Waals surface area contributed by atoms with Crippen molar-refractivity contribution in [3.05, 3.63) is 46.5 Å². The first-order valence-electron chi connectivity index (χ1n) is 9.10. The molecule has 25 heavy (non-hydrogen) atoms. The molecule has 1 saturated heterocycles. The molecule has 6 heteroatoms. The van der Waals surface area contributed by atoms with Crippen LogP contribution >= 0.6 is 0 Å². The van der Waals surface area contributed by atoms with Crippen LogP contribution in [0.1, 0.15) is 51.8 Å². The van der Waals surface area contributed by atoms with E-state index in [1.54, 1.807) is 0 Å². The molecule has 2 aromatic heterocycles. The van der Waals surface area contributed by atoms with Gasteiger partial charge in [-0.25, -0.2) is 0 Å². The second kappa shape index (κ2) is 6.59. The molecule has 1 saturated carbocycles. The number of pyridine rings is 1. The third kappa shape index (κ3) is 3.31. The molecule has 0 radical (unpaired) electrons. The van der Waals surface area contributed by atoms with Crippen molar-refractivity contribution in [2.45, 2.75) is 39.2 Å². The summed E-state index contributed by atoms with van der Waals surface area (Å²) in [6.45, 7) is 8.20. The maximum atomic E-state index is 13.0. The summed E-state index contributed by atoms with van der Waals surface area (Å²) in [4.78, 5) is 21.8. The van der Waals surface area contributed by atoms with E-state index in [1.165, 1.54) is 5.56 Å². The van der Waals surface area contributed by atoms with Gasteiger partial charge in [0, 0.05) is 50.5 Å². The summed E-state index contributed by atoms with van der Waals surface area (Å²) in [7, 11) is 0. The Morgan fingerprint density at radius 1 is 1.24 bits per heavy atom. The number of carbonyl (C=O) groups is 1. The predicted molar refractivity (Wildman–Crippen MR) is 95.5 cm³/mol. The molecule has 1 aliphatic carbocycles. The lowest BCUT2D eigenvalue weighted by Crippen LogP contribution is -2.48. The molecule has 0 bridgehead atoms. The number of amides is 1. The van der Waals surface area contributed by atoms with Crippen LogP contribution in [0.5, 0.6) is 0 Å². The molecule has 2 aliphatic rings. The molecule has 6 nitrogen and oxygen atoms in total. The normalized spacial score (nSPS) is 18.6. The van der Waals surface area contributed by atoms with E-state index in [0.717, 1.165) is 68.2 Å². The largest absolute Gasteiger partial charge is 0.336 e. The molecule has 1 amide bonds. The van der Waals surface area contributed by atoms with Gasteiger partial charge in [-0.3, -0.25) is 19.8 Å². The molecule has 0 spiro atoms. The average molecular weight is 339 g/mol. The lowest BCUT2D eigenvalue weighted by Gasteiger charge is -2.34. The van der Waals surface area contributed by atoms with Gasteiger partial charge in [-0.05, 0) is 38.3 Å². The maximum absolute atomic E-state index is 13.0. The standard InChI is InChI=1S/C19H25N5O/c1-13-4-3-7-20-16(13)12-23-8-10-24(11-9-23)19(25)17-14(2)21-22-18(17)15-5-6-15/h3-4,7,15H,5-6,8-12H2,1-2H3,(H,21,22). The molecular formula is C19H25N5O. The van der Waals surface area contributed by atoms with E-state index in [1.807, 2.05) is 24.1 Å². The Morgan fingerprint density at radius 2 is 2.00 bits per heavy atom. The first-order chi connectivity index (χ1) is 12.1. The maximum Gasteiger partial charge on any atom is 0.257 e. The molecule has 0 unspecified atom stereocenters. The van der Waals surface area contributed by atoms with Gasteiger partial charge in [-0.1, -0.05) is 6.07 Å². The van der Waals surface area contributed by atoms with Gasteiger partial charge in [0.1, 0.15) is 0 Å². The van der Waals surface area contributed by atoms with Crippen molar-refractivity contribution < 1.29 is 4.79 Å². The molecule has 2 fully saturated rings. The number of rotatable bonds is 4. The minimum Gasteiger partial charge on any atom is -0.336 e. The smallest absolute Gasteiger partial charge is 0.257 e. The summed E-state index contributed by atoms with van der Waals surface area (Å²) in [6, 6.07) is 4.07. The lowest BCUT2D eigenvalue weighted by atomic mass is 10.1. The zero-order chi connectivity index (χ0) is 17.4. The van der Waals surface area contributed by atoms with Crippen molar-refractivity contribution in [2.24, 2.45) is 0 Å². The van der Waals surface area contributed by atoms with Crippen LogP contribution in [0.15, 0.2) is 18.3 Å². The molecule has 3 heterocycles. The van der Waals surface area contributed by atoms with Crippen molar-refractivity contribution in [2.75, 3.05) is 26.2 Å². The Kier molecular flexibility index (Phi) is 4.29. The number of aromatic nitrogens is 3. The highest BCUT2D eigenvalue weighted by Crippen LogP contribution is 2.41. The number of nitrogens with one attached hydrogen (secondary N) is 1. The number of hydrogen-bond acceptors (Lipinski definition) is 4. The van der Waals surface area contributed by atoms with Crippen LogP contribution < -0.4 is 0 Å². The second-order valence-electron chi connectivity index (χ2n) is 7.22. The Labute approximate surface area is 148 Å². The van der Waals surface area contributed by atoms with Crippen molar-refractivity contribution in [3.8, 4) is 0 Å². The zero-order valence-electron chi connectivity index (χ0n) is 15.0. The number of piperazine rings is 1. The van der Waals surface area contributed by atoms with Crippen LogP contribution in [0, 0.1) is 13.8 Å². The van der Waals surface area contributed by atoms with E-state index in [0.29, 0.717) is 5.92 Å². The van der Waals surface area contributed by atoms with Crippen LogP contribution in [0.4, 0.5) is 0 Å². The van der Waals surface area contributed by atoms with E-state index in [2.05, 4.69) is 33.1 Å². The summed E-state index contributed by atoms with van der Waals surface area (Å²) >= 11 is 0. The fourth-order valence-corrected chi connectivity index (χ4v) is 3.53. The minimum absolute atomic E-state index is 0.141. The van der Waals surface area contributed by atoms with E-state index in [-0.39, 0.29) is 5.91 Å². The molecule has 1 N–H and O–H groups in total. The number of H-pyrrole nitrogens is 1. The Hall–Kier alpha value is -2.21. The summed E-state index contributed by atoms with van der Waals surface area (Å²) in [5, 5.41) is 7.39. The molecule has 4 rings (SSSR count). The predicted octanol–water partition coefficient (Wildman–Crippen LogP) is 2.26.